The lowest BCUT2D eigenvalue weighted by atomic mass is 10.0. The van der Waals surface area contributed by atoms with Gasteiger partial charge in [-0.05, 0) is 56.2 Å². The van der Waals surface area contributed by atoms with E-state index in [9.17, 15) is 18.0 Å². The molecule has 0 aromatic heterocycles. The van der Waals surface area contributed by atoms with Gasteiger partial charge in [0.15, 0.2) is 11.6 Å². The molecule has 1 heterocycles. The highest BCUT2D eigenvalue weighted by Gasteiger charge is 2.39. The summed E-state index contributed by atoms with van der Waals surface area (Å²) in [4.78, 5) is 24.4. The van der Waals surface area contributed by atoms with Gasteiger partial charge in [-0.3, -0.25) is 9.59 Å². The van der Waals surface area contributed by atoms with E-state index >= 15 is 0 Å². The first kappa shape index (κ1) is 19.3. The van der Waals surface area contributed by atoms with Crippen LogP contribution in [-0.4, -0.2) is 44.0 Å². The molecule has 1 unspecified atom stereocenters. The minimum atomic E-state index is -3.82. The molecular formula is C20H21NO5S. The molecule has 1 aliphatic rings. The first-order valence-electron chi connectivity index (χ1n) is 8.65. The maximum Gasteiger partial charge on any atom is 0.243 e. The number of ketones is 2. The SMILES string of the molecule is COc1ccc(C(=O)C2CCCN2S(=O)(=O)c2ccc(C(C)=O)cc2)cc1. The number of ether oxygens (including phenoxy) is 1. The maximum atomic E-state index is 13.0. The van der Waals surface area contributed by atoms with Crippen LogP contribution < -0.4 is 4.74 Å². The zero-order valence-corrected chi connectivity index (χ0v) is 16.0. The van der Waals surface area contributed by atoms with Gasteiger partial charge in [-0.25, -0.2) is 8.42 Å². The first-order chi connectivity index (χ1) is 12.8. The number of rotatable bonds is 6. The van der Waals surface area contributed by atoms with Crippen LogP contribution in [-0.2, 0) is 10.0 Å². The number of carbonyl (C=O) groups is 2. The van der Waals surface area contributed by atoms with E-state index in [1.54, 1.807) is 31.4 Å². The quantitative estimate of drug-likeness (QED) is 0.712. The second kappa shape index (κ2) is 7.62. The summed E-state index contributed by atoms with van der Waals surface area (Å²) in [5, 5.41) is 0. The Balaban J connectivity index is 1.87. The van der Waals surface area contributed by atoms with Crippen molar-refractivity contribution in [2.75, 3.05) is 13.7 Å². The molecule has 1 saturated heterocycles. The summed E-state index contributed by atoms with van der Waals surface area (Å²) < 4.78 is 32.4. The van der Waals surface area contributed by atoms with Gasteiger partial charge in [-0.2, -0.15) is 4.31 Å². The molecule has 0 amide bonds. The second-order valence-electron chi connectivity index (χ2n) is 6.45. The molecule has 142 valence electrons. The molecule has 0 spiro atoms. The second-order valence-corrected chi connectivity index (χ2v) is 8.34. The Morgan fingerprint density at radius 1 is 1.00 bits per heavy atom. The Bertz CT molecular complexity index is 949. The van der Waals surface area contributed by atoms with Crippen molar-refractivity contribution in [1.82, 2.24) is 4.31 Å². The Labute approximate surface area is 158 Å². The minimum Gasteiger partial charge on any atom is -0.497 e. The Morgan fingerprint density at radius 3 is 2.15 bits per heavy atom. The van der Waals surface area contributed by atoms with Crippen LogP contribution >= 0.6 is 0 Å². The van der Waals surface area contributed by atoms with Gasteiger partial charge in [0.1, 0.15) is 5.75 Å². The molecule has 0 saturated carbocycles. The maximum absolute atomic E-state index is 13.0. The monoisotopic (exact) mass is 387 g/mol. The summed E-state index contributed by atoms with van der Waals surface area (Å²) in [6.45, 7) is 1.72. The molecule has 0 bridgehead atoms. The predicted octanol–water partition coefficient (Wildman–Crippen LogP) is 2.93. The standard InChI is InChI=1S/C20H21NO5S/c1-14(22)15-7-11-18(12-8-15)27(24,25)21-13-3-4-19(21)20(23)16-5-9-17(26-2)10-6-16/h5-12,19H,3-4,13H2,1-2H3. The highest BCUT2D eigenvalue weighted by atomic mass is 32.2. The van der Waals surface area contributed by atoms with Crippen LogP contribution in [0.3, 0.4) is 0 Å². The van der Waals surface area contributed by atoms with E-state index in [1.165, 1.54) is 35.5 Å². The molecule has 0 N–H and O–H groups in total. The largest absolute Gasteiger partial charge is 0.497 e. The van der Waals surface area contributed by atoms with E-state index in [2.05, 4.69) is 0 Å². The molecule has 7 heteroatoms. The van der Waals surface area contributed by atoms with E-state index in [0.29, 0.717) is 36.3 Å². The summed E-state index contributed by atoms with van der Waals surface area (Å²) >= 11 is 0. The number of hydrogen-bond acceptors (Lipinski definition) is 5. The average molecular weight is 387 g/mol. The number of nitrogens with zero attached hydrogens (tertiary/aromatic N) is 1. The third-order valence-corrected chi connectivity index (χ3v) is 6.67. The van der Waals surface area contributed by atoms with Crippen molar-refractivity contribution in [3.8, 4) is 5.75 Å². The number of Topliss-reactive ketones (excluding diaryl/α,β-unsaturated/α-hetero) is 2. The lowest BCUT2D eigenvalue weighted by molar-refractivity contribution is 0.0917. The van der Waals surface area contributed by atoms with Crippen LogP contribution in [0.4, 0.5) is 0 Å². The lowest BCUT2D eigenvalue weighted by Gasteiger charge is -2.23. The summed E-state index contributed by atoms with van der Waals surface area (Å²) in [6, 6.07) is 11.7. The number of benzene rings is 2. The molecule has 1 atom stereocenters. The van der Waals surface area contributed by atoms with Crippen LogP contribution in [0, 0.1) is 0 Å². The average Bonchev–Trinajstić information content (AvgIpc) is 3.18. The zero-order valence-electron chi connectivity index (χ0n) is 15.2. The van der Waals surface area contributed by atoms with Crippen LogP contribution in [0.2, 0.25) is 0 Å². The highest BCUT2D eigenvalue weighted by molar-refractivity contribution is 7.89. The summed E-state index contributed by atoms with van der Waals surface area (Å²) in [7, 11) is -2.28. The van der Waals surface area contributed by atoms with Gasteiger partial charge in [0.2, 0.25) is 10.0 Å². The fourth-order valence-electron chi connectivity index (χ4n) is 3.23. The third-order valence-electron chi connectivity index (χ3n) is 4.75. The molecule has 6 nitrogen and oxygen atoms in total. The van der Waals surface area contributed by atoms with E-state index in [1.807, 2.05) is 0 Å². The van der Waals surface area contributed by atoms with Gasteiger partial charge >= 0.3 is 0 Å². The van der Waals surface area contributed by atoms with Crippen LogP contribution in [0.5, 0.6) is 5.75 Å². The molecule has 27 heavy (non-hydrogen) atoms. The molecule has 0 aliphatic carbocycles. The number of methoxy groups -OCH3 is 1. The van der Waals surface area contributed by atoms with Gasteiger partial charge in [0.25, 0.3) is 0 Å². The Hall–Kier alpha value is -2.51. The molecule has 0 radical (unpaired) electrons. The van der Waals surface area contributed by atoms with Crippen molar-refractivity contribution >= 4 is 21.6 Å². The predicted molar refractivity (Wildman–Crippen MR) is 101 cm³/mol. The van der Waals surface area contributed by atoms with Crippen molar-refractivity contribution in [3.05, 3.63) is 59.7 Å². The van der Waals surface area contributed by atoms with E-state index in [0.717, 1.165) is 0 Å². The van der Waals surface area contributed by atoms with Crippen molar-refractivity contribution in [2.24, 2.45) is 0 Å². The lowest BCUT2D eigenvalue weighted by Crippen LogP contribution is -2.40. The summed E-state index contributed by atoms with van der Waals surface area (Å²) in [6.07, 6.45) is 1.10. The topological polar surface area (TPSA) is 80.8 Å². The third kappa shape index (κ3) is 3.79. The number of hydrogen-bond donors (Lipinski definition) is 0. The normalized spacial score (nSPS) is 17.6. The molecule has 1 fully saturated rings. The fourth-order valence-corrected chi connectivity index (χ4v) is 4.89. The Kier molecular flexibility index (Phi) is 5.43. The minimum absolute atomic E-state index is 0.0851. The number of carbonyl (C=O) groups excluding carboxylic acids is 2. The molecule has 1 aliphatic heterocycles. The van der Waals surface area contributed by atoms with Gasteiger partial charge < -0.3 is 4.74 Å². The van der Waals surface area contributed by atoms with E-state index in [-0.39, 0.29) is 16.5 Å². The van der Waals surface area contributed by atoms with Gasteiger partial charge in [-0.1, -0.05) is 12.1 Å². The molecule has 2 aromatic rings. The van der Waals surface area contributed by atoms with E-state index in [4.69, 9.17) is 4.74 Å². The van der Waals surface area contributed by atoms with Crippen molar-refractivity contribution in [3.63, 3.8) is 0 Å². The van der Waals surface area contributed by atoms with E-state index < -0.39 is 16.1 Å². The summed E-state index contributed by atoms with van der Waals surface area (Å²) in [5.41, 5.74) is 0.899. The van der Waals surface area contributed by atoms with Gasteiger partial charge in [0, 0.05) is 17.7 Å². The molecule has 2 aromatic carbocycles. The van der Waals surface area contributed by atoms with Crippen molar-refractivity contribution in [2.45, 2.75) is 30.7 Å². The van der Waals surface area contributed by atoms with Crippen LogP contribution in [0.25, 0.3) is 0 Å². The van der Waals surface area contributed by atoms with Gasteiger partial charge in [-0.15, -0.1) is 0 Å². The zero-order chi connectivity index (χ0) is 19.6. The van der Waals surface area contributed by atoms with Gasteiger partial charge in [0.05, 0.1) is 18.0 Å². The Morgan fingerprint density at radius 2 is 1.59 bits per heavy atom. The van der Waals surface area contributed by atoms with Crippen molar-refractivity contribution in [1.29, 1.82) is 0 Å². The first-order valence-corrected chi connectivity index (χ1v) is 10.1. The van der Waals surface area contributed by atoms with Crippen molar-refractivity contribution < 1.29 is 22.7 Å². The molecule has 3 rings (SSSR count). The number of sulfonamides is 1. The smallest absolute Gasteiger partial charge is 0.243 e. The highest BCUT2D eigenvalue weighted by Crippen LogP contribution is 2.29. The molecular weight excluding hydrogens is 366 g/mol. The fraction of sp³-hybridized carbons (Fsp3) is 0.300. The van der Waals surface area contributed by atoms with Crippen LogP contribution in [0.1, 0.15) is 40.5 Å². The van der Waals surface area contributed by atoms with Crippen LogP contribution in [0.15, 0.2) is 53.4 Å². The summed E-state index contributed by atoms with van der Waals surface area (Å²) in [5.74, 6) is 0.278.